The van der Waals surface area contributed by atoms with Crippen LogP contribution in [0.3, 0.4) is 0 Å². The van der Waals surface area contributed by atoms with Gasteiger partial charge in [-0.25, -0.2) is 4.79 Å². The van der Waals surface area contributed by atoms with Crippen molar-refractivity contribution in [2.24, 2.45) is 0 Å². The molecule has 1 aliphatic rings. The molecule has 0 bridgehead atoms. The molecule has 3 aromatic carbocycles. The number of anilines is 1. The second-order valence-electron chi connectivity index (χ2n) is 7.68. The highest BCUT2D eigenvalue weighted by atomic mass is 16.4. The van der Waals surface area contributed by atoms with Crippen LogP contribution in [0.15, 0.2) is 72.8 Å². The van der Waals surface area contributed by atoms with Gasteiger partial charge in [0.05, 0.1) is 11.6 Å². The Morgan fingerprint density at radius 3 is 2.25 bits per heavy atom. The van der Waals surface area contributed by atoms with Crippen LogP contribution in [0.25, 0.3) is 0 Å². The lowest BCUT2D eigenvalue weighted by Gasteiger charge is -2.26. The molecule has 160 valence electrons. The van der Waals surface area contributed by atoms with Crippen LogP contribution in [-0.4, -0.2) is 28.5 Å². The quantitative estimate of drug-likeness (QED) is 0.453. The lowest BCUT2D eigenvalue weighted by atomic mass is 9.79. The number of Topliss-reactive ketones (excluding diaryl/α,β-unsaturated/α-hetero) is 1. The Morgan fingerprint density at radius 2 is 1.50 bits per heavy atom. The third kappa shape index (κ3) is 4.07. The summed E-state index contributed by atoms with van der Waals surface area (Å²) >= 11 is 0. The van der Waals surface area contributed by atoms with Gasteiger partial charge in [0.25, 0.3) is 5.78 Å². The predicted octanol–water partition coefficient (Wildman–Crippen LogP) is 4.24. The molecule has 1 unspecified atom stereocenters. The first kappa shape index (κ1) is 21.2. The summed E-state index contributed by atoms with van der Waals surface area (Å²) < 4.78 is 0. The number of rotatable bonds is 6. The Kier molecular flexibility index (Phi) is 5.94. The number of hydrogen-bond donors (Lipinski definition) is 2. The molecule has 32 heavy (non-hydrogen) atoms. The molecule has 0 aliphatic heterocycles. The molecule has 1 atom stereocenters. The Labute approximate surface area is 184 Å². The van der Waals surface area contributed by atoms with Crippen LogP contribution >= 0.6 is 0 Å². The number of aliphatic carboxylic acids is 1. The molecular weight excluding hydrogens is 406 g/mol. The second-order valence-corrected chi connectivity index (χ2v) is 7.68. The molecular formula is C26H21NO5. The lowest BCUT2D eigenvalue weighted by Crippen LogP contribution is -2.27. The van der Waals surface area contributed by atoms with Crippen LogP contribution in [0.1, 0.15) is 56.2 Å². The van der Waals surface area contributed by atoms with E-state index in [-0.39, 0.29) is 17.3 Å². The van der Waals surface area contributed by atoms with E-state index in [1.807, 2.05) is 6.07 Å². The van der Waals surface area contributed by atoms with Crippen LogP contribution in [0, 0.1) is 0 Å². The van der Waals surface area contributed by atoms with Crippen LogP contribution in [0.5, 0.6) is 0 Å². The van der Waals surface area contributed by atoms with Gasteiger partial charge in [-0.05, 0) is 42.5 Å². The zero-order chi connectivity index (χ0) is 22.7. The fraction of sp³-hybridized carbons (Fsp3) is 0.154. The van der Waals surface area contributed by atoms with Gasteiger partial charge in [0.2, 0.25) is 5.91 Å². The first-order valence-electron chi connectivity index (χ1n) is 10.4. The van der Waals surface area contributed by atoms with Crippen molar-refractivity contribution in [1.29, 1.82) is 0 Å². The fourth-order valence-corrected chi connectivity index (χ4v) is 4.20. The maximum absolute atomic E-state index is 13.2. The molecule has 0 aromatic heterocycles. The van der Waals surface area contributed by atoms with Gasteiger partial charge in [-0.3, -0.25) is 14.4 Å². The highest BCUT2D eigenvalue weighted by Crippen LogP contribution is 2.35. The van der Waals surface area contributed by atoms with Crippen molar-refractivity contribution >= 4 is 29.1 Å². The molecule has 2 N–H and O–H groups in total. The van der Waals surface area contributed by atoms with Crippen molar-refractivity contribution in [3.8, 4) is 0 Å². The number of nitrogens with one attached hydrogen (secondary N) is 1. The first-order valence-corrected chi connectivity index (χ1v) is 10.4. The lowest BCUT2D eigenvalue weighted by molar-refractivity contribution is -0.131. The summed E-state index contributed by atoms with van der Waals surface area (Å²) in [6.45, 7) is 0. The van der Waals surface area contributed by atoms with Crippen LogP contribution in [0.4, 0.5) is 5.69 Å². The zero-order valence-electron chi connectivity index (χ0n) is 17.2. The van der Waals surface area contributed by atoms with Crippen molar-refractivity contribution < 1.29 is 24.3 Å². The van der Waals surface area contributed by atoms with Crippen molar-refractivity contribution in [1.82, 2.24) is 0 Å². The largest absolute Gasteiger partial charge is 0.475 e. The number of hydrogen-bond acceptors (Lipinski definition) is 4. The number of carboxylic acid groups (broad SMARTS) is 1. The first-order chi connectivity index (χ1) is 15.5. The third-order valence-electron chi connectivity index (χ3n) is 5.73. The standard InChI is InChI=1S/C26H21NO5/c28-23(16-8-2-1-3-9-16)21-10-4-5-15-22(21)27-25(30)20-14-7-11-17-18(20)12-6-13-19(17)24(29)26(31)32/h1-6,8-10,12-13,15,20H,7,11,14H2,(H,27,30)(H,31,32). The van der Waals surface area contributed by atoms with E-state index in [1.165, 1.54) is 6.07 Å². The van der Waals surface area contributed by atoms with Gasteiger partial charge in [-0.1, -0.05) is 60.7 Å². The predicted molar refractivity (Wildman–Crippen MR) is 119 cm³/mol. The molecule has 0 fully saturated rings. The van der Waals surface area contributed by atoms with Gasteiger partial charge in [-0.2, -0.15) is 0 Å². The van der Waals surface area contributed by atoms with Crippen molar-refractivity contribution in [3.63, 3.8) is 0 Å². The van der Waals surface area contributed by atoms with Crippen LogP contribution < -0.4 is 5.32 Å². The molecule has 3 aromatic rings. The minimum Gasteiger partial charge on any atom is -0.475 e. The number of carbonyl (C=O) groups excluding carboxylic acids is 3. The van der Waals surface area contributed by atoms with Crippen molar-refractivity contribution in [2.45, 2.75) is 25.2 Å². The van der Waals surface area contributed by atoms with E-state index in [1.54, 1.807) is 60.7 Å². The molecule has 0 heterocycles. The van der Waals surface area contributed by atoms with Crippen molar-refractivity contribution in [3.05, 3.63) is 101 Å². The SMILES string of the molecule is O=C(O)C(=O)c1cccc2c1CCCC2C(=O)Nc1ccccc1C(=O)c1ccccc1. The number of para-hydroxylation sites is 1. The molecule has 0 saturated heterocycles. The van der Waals surface area contributed by atoms with E-state index in [9.17, 15) is 19.2 Å². The molecule has 6 nitrogen and oxygen atoms in total. The average molecular weight is 427 g/mol. The van der Waals surface area contributed by atoms with Gasteiger partial charge < -0.3 is 10.4 Å². The van der Waals surface area contributed by atoms with E-state index >= 15 is 0 Å². The fourth-order valence-electron chi connectivity index (χ4n) is 4.20. The number of carboxylic acids is 1. The number of ketones is 2. The topological polar surface area (TPSA) is 101 Å². The Balaban J connectivity index is 1.64. The molecule has 0 spiro atoms. The highest BCUT2D eigenvalue weighted by molar-refractivity contribution is 6.40. The van der Waals surface area contributed by atoms with Gasteiger partial charge in [0, 0.05) is 16.7 Å². The number of amides is 1. The number of benzene rings is 3. The summed E-state index contributed by atoms with van der Waals surface area (Å²) in [6, 6.07) is 20.5. The van der Waals surface area contributed by atoms with Gasteiger partial charge >= 0.3 is 5.97 Å². The number of carbonyl (C=O) groups is 4. The van der Waals surface area contributed by atoms with Crippen molar-refractivity contribution in [2.75, 3.05) is 5.32 Å². The van der Waals surface area contributed by atoms with Gasteiger partial charge in [0.1, 0.15) is 0 Å². The summed E-state index contributed by atoms with van der Waals surface area (Å²) in [5.74, 6) is -3.51. The van der Waals surface area contributed by atoms with E-state index in [0.29, 0.717) is 47.2 Å². The Hall–Kier alpha value is -4.06. The van der Waals surface area contributed by atoms with Gasteiger partial charge in [-0.15, -0.1) is 0 Å². The summed E-state index contributed by atoms with van der Waals surface area (Å²) in [5.41, 5.74) is 2.72. The van der Waals surface area contributed by atoms with Gasteiger partial charge in [0.15, 0.2) is 5.78 Å². The van der Waals surface area contributed by atoms with E-state index in [0.717, 1.165) is 0 Å². The summed E-state index contributed by atoms with van der Waals surface area (Å²) in [6.07, 6.45) is 1.76. The molecule has 4 rings (SSSR count). The summed E-state index contributed by atoms with van der Waals surface area (Å²) in [4.78, 5) is 49.5. The summed E-state index contributed by atoms with van der Waals surface area (Å²) in [5, 5.41) is 12.0. The van der Waals surface area contributed by atoms with E-state index in [2.05, 4.69) is 5.32 Å². The maximum atomic E-state index is 13.2. The minimum atomic E-state index is -1.52. The highest BCUT2D eigenvalue weighted by Gasteiger charge is 2.31. The maximum Gasteiger partial charge on any atom is 0.377 e. The zero-order valence-corrected chi connectivity index (χ0v) is 17.2. The van der Waals surface area contributed by atoms with Crippen LogP contribution in [0.2, 0.25) is 0 Å². The summed E-state index contributed by atoms with van der Waals surface area (Å²) in [7, 11) is 0. The molecule has 1 aliphatic carbocycles. The Morgan fingerprint density at radius 1 is 0.812 bits per heavy atom. The molecule has 6 heteroatoms. The smallest absolute Gasteiger partial charge is 0.377 e. The Bertz CT molecular complexity index is 1220. The average Bonchev–Trinajstić information content (AvgIpc) is 2.83. The normalized spacial score (nSPS) is 14.8. The third-order valence-corrected chi connectivity index (χ3v) is 5.73. The molecule has 0 saturated carbocycles. The second kappa shape index (κ2) is 8.98. The van der Waals surface area contributed by atoms with E-state index < -0.39 is 17.7 Å². The molecule has 1 amide bonds. The minimum absolute atomic E-state index is 0.132. The van der Waals surface area contributed by atoms with E-state index in [4.69, 9.17) is 5.11 Å². The number of fused-ring (bicyclic) bond motifs is 1. The van der Waals surface area contributed by atoms with Crippen LogP contribution in [-0.2, 0) is 16.0 Å². The molecule has 0 radical (unpaired) electrons. The monoisotopic (exact) mass is 427 g/mol.